The van der Waals surface area contributed by atoms with Gasteiger partial charge in [0.2, 0.25) is 0 Å². The van der Waals surface area contributed by atoms with Crippen LogP contribution in [0.3, 0.4) is 0 Å². The quantitative estimate of drug-likeness (QED) is 0.845. The number of nitrogens with zero attached hydrogens (tertiary/aromatic N) is 1. The number of rotatable bonds is 2. The molecule has 0 amide bonds. The largest absolute Gasteiger partial charge is 0.368 e. The van der Waals surface area contributed by atoms with Gasteiger partial charge in [0.25, 0.3) is 0 Å². The van der Waals surface area contributed by atoms with E-state index >= 15 is 0 Å². The Morgan fingerprint density at radius 1 is 1.05 bits per heavy atom. The molecule has 2 N–H and O–H groups in total. The number of hydrogen-bond donors (Lipinski definition) is 1. The van der Waals surface area contributed by atoms with Gasteiger partial charge >= 0.3 is 0 Å². The summed E-state index contributed by atoms with van der Waals surface area (Å²) in [5, 5.41) is 0. The van der Waals surface area contributed by atoms with Gasteiger partial charge in [0.15, 0.2) is 0 Å². The van der Waals surface area contributed by atoms with E-state index in [0.29, 0.717) is 5.92 Å². The fourth-order valence-electron chi connectivity index (χ4n) is 5.11. The molecule has 0 spiro atoms. The Labute approximate surface area is 124 Å². The SMILES string of the molecule is CC1(C)OC(C)(C)C(CN2CCCC3CCCC32)C1N. The van der Waals surface area contributed by atoms with Gasteiger partial charge in [0.1, 0.15) is 0 Å². The van der Waals surface area contributed by atoms with Crippen LogP contribution in [0.25, 0.3) is 0 Å². The summed E-state index contributed by atoms with van der Waals surface area (Å²) in [5.41, 5.74) is 6.24. The van der Waals surface area contributed by atoms with Gasteiger partial charge < -0.3 is 10.5 Å². The molecule has 1 saturated carbocycles. The van der Waals surface area contributed by atoms with E-state index in [1.54, 1.807) is 0 Å². The van der Waals surface area contributed by atoms with E-state index in [1.807, 2.05) is 0 Å². The molecule has 4 unspecified atom stereocenters. The Bertz CT molecular complexity index is 366. The van der Waals surface area contributed by atoms with Crippen LogP contribution < -0.4 is 5.73 Å². The molecular formula is C17H32N2O. The van der Waals surface area contributed by atoms with E-state index in [-0.39, 0.29) is 17.2 Å². The lowest BCUT2D eigenvalue weighted by atomic mass is 9.81. The zero-order chi connectivity index (χ0) is 14.5. The lowest BCUT2D eigenvalue weighted by Crippen LogP contribution is -2.52. The Kier molecular flexibility index (Phi) is 3.67. The Balaban J connectivity index is 1.73. The molecule has 3 fully saturated rings. The average Bonchev–Trinajstić information content (AvgIpc) is 2.86. The molecule has 0 aromatic heterocycles. The summed E-state index contributed by atoms with van der Waals surface area (Å²) in [6.45, 7) is 11.1. The minimum Gasteiger partial charge on any atom is -0.368 e. The van der Waals surface area contributed by atoms with Crippen LogP contribution in [0.2, 0.25) is 0 Å². The van der Waals surface area contributed by atoms with E-state index in [4.69, 9.17) is 10.5 Å². The molecule has 4 atom stereocenters. The molecule has 2 saturated heterocycles. The predicted octanol–water partition coefficient (Wildman–Crippen LogP) is 2.78. The molecule has 3 rings (SSSR count). The molecule has 1 aliphatic carbocycles. The minimum absolute atomic E-state index is 0.103. The van der Waals surface area contributed by atoms with Crippen molar-refractivity contribution < 1.29 is 4.74 Å². The first-order valence-corrected chi connectivity index (χ1v) is 8.51. The van der Waals surface area contributed by atoms with Gasteiger partial charge in [0.05, 0.1) is 11.2 Å². The number of nitrogens with two attached hydrogens (primary N) is 1. The molecule has 3 aliphatic rings. The van der Waals surface area contributed by atoms with Crippen molar-refractivity contribution in [3.63, 3.8) is 0 Å². The molecule has 2 heterocycles. The maximum absolute atomic E-state index is 6.54. The highest BCUT2D eigenvalue weighted by atomic mass is 16.5. The number of fused-ring (bicyclic) bond motifs is 1. The third kappa shape index (κ3) is 2.42. The van der Waals surface area contributed by atoms with Gasteiger partial charge in [-0.25, -0.2) is 0 Å². The van der Waals surface area contributed by atoms with Gasteiger partial charge in [-0.1, -0.05) is 6.42 Å². The molecule has 116 valence electrons. The zero-order valence-electron chi connectivity index (χ0n) is 13.7. The van der Waals surface area contributed by atoms with Gasteiger partial charge in [0, 0.05) is 24.5 Å². The van der Waals surface area contributed by atoms with Crippen LogP contribution in [0.5, 0.6) is 0 Å². The first kappa shape index (κ1) is 14.8. The second-order valence-electron chi connectivity index (χ2n) is 8.34. The molecule has 0 radical (unpaired) electrons. The fourth-order valence-corrected chi connectivity index (χ4v) is 5.11. The van der Waals surface area contributed by atoms with Crippen LogP contribution in [0.4, 0.5) is 0 Å². The van der Waals surface area contributed by atoms with Crippen molar-refractivity contribution in [2.45, 2.75) is 83.1 Å². The smallest absolute Gasteiger partial charge is 0.0788 e. The molecular weight excluding hydrogens is 248 g/mol. The van der Waals surface area contributed by atoms with Crippen LogP contribution in [0.1, 0.15) is 59.8 Å². The van der Waals surface area contributed by atoms with E-state index in [2.05, 4.69) is 32.6 Å². The molecule has 20 heavy (non-hydrogen) atoms. The van der Waals surface area contributed by atoms with Crippen molar-refractivity contribution in [3.05, 3.63) is 0 Å². The number of hydrogen-bond acceptors (Lipinski definition) is 3. The maximum atomic E-state index is 6.54. The minimum atomic E-state index is -0.195. The van der Waals surface area contributed by atoms with Crippen molar-refractivity contribution in [2.75, 3.05) is 13.1 Å². The predicted molar refractivity (Wildman–Crippen MR) is 82.6 cm³/mol. The summed E-state index contributed by atoms with van der Waals surface area (Å²) in [6.07, 6.45) is 7.09. The van der Waals surface area contributed by atoms with Crippen molar-refractivity contribution in [1.29, 1.82) is 0 Å². The fraction of sp³-hybridized carbons (Fsp3) is 1.00. The van der Waals surface area contributed by atoms with E-state index in [0.717, 1.165) is 18.5 Å². The highest BCUT2D eigenvalue weighted by Crippen LogP contribution is 2.44. The van der Waals surface area contributed by atoms with Crippen LogP contribution in [0, 0.1) is 11.8 Å². The normalized spacial score (nSPS) is 43.6. The first-order chi connectivity index (χ1) is 9.31. The Morgan fingerprint density at radius 2 is 1.75 bits per heavy atom. The lowest BCUT2D eigenvalue weighted by Gasteiger charge is -2.41. The van der Waals surface area contributed by atoms with Crippen molar-refractivity contribution in [3.8, 4) is 0 Å². The van der Waals surface area contributed by atoms with Crippen LogP contribution in [0.15, 0.2) is 0 Å². The number of piperidine rings is 1. The molecule has 3 nitrogen and oxygen atoms in total. The van der Waals surface area contributed by atoms with E-state index < -0.39 is 0 Å². The Hall–Kier alpha value is -0.120. The maximum Gasteiger partial charge on any atom is 0.0788 e. The number of ether oxygens (including phenoxy) is 1. The van der Waals surface area contributed by atoms with E-state index in [9.17, 15) is 0 Å². The summed E-state index contributed by atoms with van der Waals surface area (Å²) in [6, 6.07) is 0.967. The second kappa shape index (κ2) is 4.96. The number of likely N-dealkylation sites (tertiary alicyclic amines) is 1. The third-order valence-corrected chi connectivity index (χ3v) is 6.19. The lowest BCUT2D eigenvalue weighted by molar-refractivity contribution is -0.0802. The molecule has 0 aromatic rings. The average molecular weight is 280 g/mol. The van der Waals surface area contributed by atoms with Crippen molar-refractivity contribution >= 4 is 0 Å². The highest BCUT2D eigenvalue weighted by molar-refractivity contribution is 5.05. The monoisotopic (exact) mass is 280 g/mol. The molecule has 0 aromatic carbocycles. The summed E-state index contributed by atoms with van der Waals surface area (Å²) in [4.78, 5) is 2.75. The summed E-state index contributed by atoms with van der Waals surface area (Å²) >= 11 is 0. The van der Waals surface area contributed by atoms with Gasteiger partial charge in [-0.2, -0.15) is 0 Å². The van der Waals surface area contributed by atoms with Gasteiger partial charge in [-0.3, -0.25) is 4.90 Å². The summed E-state index contributed by atoms with van der Waals surface area (Å²) in [7, 11) is 0. The molecule has 0 bridgehead atoms. The molecule has 2 aliphatic heterocycles. The van der Waals surface area contributed by atoms with Crippen LogP contribution in [-0.4, -0.2) is 41.3 Å². The van der Waals surface area contributed by atoms with Crippen LogP contribution >= 0.6 is 0 Å². The van der Waals surface area contributed by atoms with Gasteiger partial charge in [-0.05, 0) is 65.8 Å². The topological polar surface area (TPSA) is 38.5 Å². The van der Waals surface area contributed by atoms with E-state index in [1.165, 1.54) is 38.6 Å². The van der Waals surface area contributed by atoms with Crippen molar-refractivity contribution in [1.82, 2.24) is 4.90 Å². The van der Waals surface area contributed by atoms with Crippen LogP contribution in [-0.2, 0) is 4.74 Å². The summed E-state index contributed by atoms with van der Waals surface area (Å²) in [5.74, 6) is 1.40. The molecule has 3 heteroatoms. The Morgan fingerprint density at radius 3 is 2.40 bits per heavy atom. The zero-order valence-corrected chi connectivity index (χ0v) is 13.7. The second-order valence-corrected chi connectivity index (χ2v) is 8.34. The van der Waals surface area contributed by atoms with Crippen molar-refractivity contribution in [2.24, 2.45) is 17.6 Å². The first-order valence-electron chi connectivity index (χ1n) is 8.51. The summed E-state index contributed by atoms with van der Waals surface area (Å²) < 4.78 is 6.26. The highest BCUT2D eigenvalue weighted by Gasteiger charge is 2.53. The third-order valence-electron chi connectivity index (χ3n) is 6.19. The standard InChI is InChI=1S/C17H32N2O/c1-16(2)13(15(18)17(3,4)20-16)11-19-10-6-8-12-7-5-9-14(12)19/h12-15H,5-11,18H2,1-4H3. The van der Waals surface area contributed by atoms with Gasteiger partial charge in [-0.15, -0.1) is 0 Å².